The molecule has 0 bridgehead atoms. The molecule has 2 aliphatic rings. The molecule has 0 aromatic carbocycles. The van der Waals surface area contributed by atoms with Crippen LogP contribution in [0.25, 0.3) is 0 Å². The van der Waals surface area contributed by atoms with E-state index in [1.807, 2.05) is 11.0 Å². The zero-order valence-electron chi connectivity index (χ0n) is 14.2. The highest BCUT2D eigenvalue weighted by atomic mass is 16.3. The molecule has 1 aliphatic heterocycles. The molecule has 1 aromatic heterocycles. The number of hydrogen-bond acceptors (Lipinski definition) is 4. The Hall–Kier alpha value is -1.33. The van der Waals surface area contributed by atoms with Crippen molar-refractivity contribution >= 4 is 5.91 Å². The van der Waals surface area contributed by atoms with Crippen molar-refractivity contribution in [2.24, 2.45) is 5.92 Å². The van der Waals surface area contributed by atoms with Crippen molar-refractivity contribution in [3.05, 3.63) is 23.7 Å². The standard InChI is InChI=1S/C18H28N2O3/c1-13-11-16(13)17-5-3-15(23-17)4-6-18(22)20-9-7-19(8-10-20)12-14(2)21/h3,5,13-14,16,21H,4,6-12H2,1-2H3/t13-,14-,16-/m0/s1. The van der Waals surface area contributed by atoms with Gasteiger partial charge in [-0.2, -0.15) is 0 Å². The number of nitrogens with zero attached hydrogens (tertiary/aromatic N) is 2. The number of piperazine rings is 1. The Kier molecular flexibility index (Phi) is 5.07. The van der Waals surface area contributed by atoms with E-state index in [2.05, 4.69) is 17.9 Å². The number of amides is 1. The molecule has 128 valence electrons. The van der Waals surface area contributed by atoms with Crippen molar-refractivity contribution in [3.8, 4) is 0 Å². The first-order valence-corrected chi connectivity index (χ1v) is 8.79. The molecular formula is C18H28N2O3. The number of aliphatic hydroxyl groups is 1. The van der Waals surface area contributed by atoms with E-state index in [1.54, 1.807) is 6.92 Å². The van der Waals surface area contributed by atoms with E-state index in [0.717, 1.165) is 43.6 Å². The van der Waals surface area contributed by atoms with Gasteiger partial charge < -0.3 is 14.4 Å². The lowest BCUT2D eigenvalue weighted by atomic mass is 10.2. The number of aryl methyl sites for hydroxylation is 1. The molecule has 1 aromatic rings. The van der Waals surface area contributed by atoms with Crippen molar-refractivity contribution in [1.82, 2.24) is 9.80 Å². The Morgan fingerprint density at radius 2 is 2.04 bits per heavy atom. The fourth-order valence-electron chi connectivity index (χ4n) is 3.39. The third-order valence-corrected chi connectivity index (χ3v) is 4.99. The van der Waals surface area contributed by atoms with Gasteiger partial charge in [0.05, 0.1) is 6.10 Å². The highest BCUT2D eigenvalue weighted by Gasteiger charge is 2.36. The first-order valence-electron chi connectivity index (χ1n) is 8.79. The SMILES string of the molecule is C[C@H](O)CN1CCN(C(=O)CCc2ccc([C@H]3C[C@@H]3C)o2)CC1. The number of aliphatic hydroxyl groups excluding tert-OH is 1. The van der Waals surface area contributed by atoms with Crippen LogP contribution in [0.5, 0.6) is 0 Å². The molecule has 0 spiro atoms. The van der Waals surface area contributed by atoms with Crippen LogP contribution in [0.1, 0.15) is 44.1 Å². The molecule has 3 rings (SSSR count). The second-order valence-corrected chi connectivity index (χ2v) is 7.15. The summed E-state index contributed by atoms with van der Waals surface area (Å²) in [5.41, 5.74) is 0. The summed E-state index contributed by atoms with van der Waals surface area (Å²) in [5, 5.41) is 9.42. The van der Waals surface area contributed by atoms with Crippen molar-refractivity contribution in [2.45, 2.75) is 45.1 Å². The molecule has 2 fully saturated rings. The van der Waals surface area contributed by atoms with Crippen LogP contribution < -0.4 is 0 Å². The third-order valence-electron chi connectivity index (χ3n) is 4.99. The highest BCUT2D eigenvalue weighted by Crippen LogP contribution is 2.47. The topological polar surface area (TPSA) is 56.9 Å². The molecule has 23 heavy (non-hydrogen) atoms. The van der Waals surface area contributed by atoms with Crippen LogP contribution in [-0.2, 0) is 11.2 Å². The zero-order valence-corrected chi connectivity index (χ0v) is 14.2. The maximum atomic E-state index is 12.3. The van der Waals surface area contributed by atoms with Gasteiger partial charge in [-0.25, -0.2) is 0 Å². The van der Waals surface area contributed by atoms with Crippen molar-refractivity contribution < 1.29 is 14.3 Å². The van der Waals surface area contributed by atoms with Crippen molar-refractivity contribution in [1.29, 1.82) is 0 Å². The zero-order chi connectivity index (χ0) is 16.4. The molecule has 5 nitrogen and oxygen atoms in total. The summed E-state index contributed by atoms with van der Waals surface area (Å²) >= 11 is 0. The Morgan fingerprint density at radius 3 is 2.65 bits per heavy atom. The summed E-state index contributed by atoms with van der Waals surface area (Å²) in [5.74, 6) is 3.57. The minimum absolute atomic E-state index is 0.208. The molecule has 3 atom stereocenters. The van der Waals surface area contributed by atoms with Gasteiger partial charge in [-0.05, 0) is 31.4 Å². The second kappa shape index (κ2) is 7.05. The minimum atomic E-state index is -0.306. The normalized spacial score (nSPS) is 26.3. The molecule has 1 amide bonds. The van der Waals surface area contributed by atoms with Crippen molar-refractivity contribution in [2.75, 3.05) is 32.7 Å². The van der Waals surface area contributed by atoms with Crippen LogP contribution in [0.4, 0.5) is 0 Å². The Labute approximate surface area is 138 Å². The maximum Gasteiger partial charge on any atom is 0.223 e. The van der Waals surface area contributed by atoms with Gasteiger partial charge in [-0.1, -0.05) is 6.92 Å². The van der Waals surface area contributed by atoms with Gasteiger partial charge in [-0.15, -0.1) is 0 Å². The van der Waals surface area contributed by atoms with E-state index in [1.165, 1.54) is 6.42 Å². The smallest absolute Gasteiger partial charge is 0.223 e. The predicted molar refractivity (Wildman–Crippen MR) is 88.3 cm³/mol. The number of carbonyl (C=O) groups excluding carboxylic acids is 1. The number of furan rings is 1. The van der Waals surface area contributed by atoms with Gasteiger partial charge >= 0.3 is 0 Å². The van der Waals surface area contributed by atoms with Gasteiger partial charge in [-0.3, -0.25) is 9.69 Å². The van der Waals surface area contributed by atoms with Crippen LogP contribution >= 0.6 is 0 Å². The van der Waals surface area contributed by atoms with Crippen LogP contribution in [-0.4, -0.2) is 59.6 Å². The Bertz CT molecular complexity index is 532. The van der Waals surface area contributed by atoms with E-state index >= 15 is 0 Å². The molecule has 1 saturated carbocycles. The number of carbonyl (C=O) groups is 1. The maximum absolute atomic E-state index is 12.3. The number of β-amino-alcohol motifs (C(OH)–C–C–N with tert-alkyl or cyclic N) is 1. The fraction of sp³-hybridized carbons (Fsp3) is 0.722. The Morgan fingerprint density at radius 1 is 1.35 bits per heavy atom. The van der Waals surface area contributed by atoms with E-state index < -0.39 is 0 Å². The second-order valence-electron chi connectivity index (χ2n) is 7.15. The van der Waals surface area contributed by atoms with Crippen LogP contribution in [0.15, 0.2) is 16.5 Å². The van der Waals surface area contributed by atoms with Crippen LogP contribution in [0.2, 0.25) is 0 Å². The quantitative estimate of drug-likeness (QED) is 0.869. The van der Waals surface area contributed by atoms with Gasteiger partial charge in [0, 0.05) is 51.5 Å². The number of hydrogen-bond donors (Lipinski definition) is 1. The first-order chi connectivity index (χ1) is 11.0. The van der Waals surface area contributed by atoms with Gasteiger partial charge in [0.15, 0.2) is 0 Å². The van der Waals surface area contributed by atoms with Crippen LogP contribution in [0.3, 0.4) is 0 Å². The summed E-state index contributed by atoms with van der Waals surface area (Å²) in [4.78, 5) is 16.5. The van der Waals surface area contributed by atoms with Gasteiger partial charge in [0.1, 0.15) is 11.5 Å². The predicted octanol–water partition coefficient (Wildman–Crippen LogP) is 1.86. The largest absolute Gasteiger partial charge is 0.466 e. The molecule has 2 heterocycles. The summed E-state index contributed by atoms with van der Waals surface area (Å²) in [6.45, 7) is 7.95. The lowest BCUT2D eigenvalue weighted by Gasteiger charge is -2.35. The van der Waals surface area contributed by atoms with Gasteiger partial charge in [0.2, 0.25) is 5.91 Å². The Balaban J connectivity index is 1.40. The molecule has 1 aliphatic carbocycles. The monoisotopic (exact) mass is 320 g/mol. The highest BCUT2D eigenvalue weighted by molar-refractivity contribution is 5.76. The molecule has 0 unspecified atom stereocenters. The van der Waals surface area contributed by atoms with E-state index in [4.69, 9.17) is 4.42 Å². The lowest BCUT2D eigenvalue weighted by molar-refractivity contribution is -0.133. The summed E-state index contributed by atoms with van der Waals surface area (Å²) in [6.07, 6.45) is 2.12. The molecule has 5 heteroatoms. The average Bonchev–Trinajstić information content (AvgIpc) is 3.07. The minimum Gasteiger partial charge on any atom is -0.466 e. The third kappa shape index (κ3) is 4.36. The lowest BCUT2D eigenvalue weighted by Crippen LogP contribution is -2.50. The first kappa shape index (κ1) is 16.5. The van der Waals surface area contributed by atoms with Crippen LogP contribution in [0, 0.1) is 5.92 Å². The summed E-state index contributed by atoms with van der Waals surface area (Å²) in [7, 11) is 0. The number of rotatable bonds is 6. The van der Waals surface area contributed by atoms with Gasteiger partial charge in [0.25, 0.3) is 0 Å². The molecular weight excluding hydrogens is 292 g/mol. The summed E-state index contributed by atoms with van der Waals surface area (Å²) in [6, 6.07) is 4.09. The molecule has 1 saturated heterocycles. The summed E-state index contributed by atoms with van der Waals surface area (Å²) < 4.78 is 5.87. The average molecular weight is 320 g/mol. The van der Waals surface area contributed by atoms with E-state index in [-0.39, 0.29) is 12.0 Å². The van der Waals surface area contributed by atoms with Crippen molar-refractivity contribution in [3.63, 3.8) is 0 Å². The van der Waals surface area contributed by atoms with E-state index in [0.29, 0.717) is 25.3 Å². The molecule has 1 N–H and O–H groups in total. The van der Waals surface area contributed by atoms with E-state index in [9.17, 15) is 9.90 Å². The fourth-order valence-corrected chi connectivity index (χ4v) is 3.39. The molecule has 0 radical (unpaired) electrons.